The largest absolute Gasteiger partial charge is 0.508 e. The average Bonchev–Trinajstić information content (AvgIpc) is 3.00. The van der Waals surface area contributed by atoms with Crippen LogP contribution in [0, 0.1) is 13.8 Å². The number of H-pyrrole nitrogens is 1. The summed E-state index contributed by atoms with van der Waals surface area (Å²) in [7, 11) is 0. The molecular weight excluding hydrogens is 392 g/mol. The Morgan fingerprint density at radius 3 is 2.46 bits per heavy atom. The maximum absolute atomic E-state index is 12.9. The van der Waals surface area contributed by atoms with Gasteiger partial charge in [-0.1, -0.05) is 53.6 Å². The van der Waals surface area contributed by atoms with Gasteiger partial charge in [-0.3, -0.25) is 4.79 Å². The zero-order chi connectivity index (χ0) is 19.8. The monoisotopic (exact) mass is 408 g/mol. The maximum atomic E-state index is 12.9. The highest BCUT2D eigenvalue weighted by molar-refractivity contribution is 7.19. The van der Waals surface area contributed by atoms with Crippen molar-refractivity contribution in [2.45, 2.75) is 13.8 Å². The highest BCUT2D eigenvalue weighted by Gasteiger charge is 2.17. The second-order valence-electron chi connectivity index (χ2n) is 6.58. The van der Waals surface area contributed by atoms with Crippen molar-refractivity contribution in [1.29, 1.82) is 0 Å². The highest BCUT2D eigenvalue weighted by Crippen LogP contribution is 2.36. The number of nitrogens with one attached hydrogen (secondary N) is 1. The molecule has 0 fully saturated rings. The minimum atomic E-state index is -0.211. The minimum absolute atomic E-state index is 0.180. The second kappa shape index (κ2) is 7.26. The number of hydrogen-bond acceptors (Lipinski definition) is 4. The molecule has 2 aromatic carbocycles. The van der Waals surface area contributed by atoms with Gasteiger partial charge in [-0.25, -0.2) is 4.98 Å². The third-order valence-electron chi connectivity index (χ3n) is 4.49. The number of halogens is 1. The molecule has 0 amide bonds. The lowest BCUT2D eigenvalue weighted by Gasteiger charge is -2.04. The summed E-state index contributed by atoms with van der Waals surface area (Å²) in [4.78, 5) is 22.0. The Hall–Kier alpha value is -2.89. The molecular formula is C22H17ClN2O2S. The zero-order valence-electron chi connectivity index (χ0n) is 15.3. The minimum Gasteiger partial charge on any atom is -0.508 e. The van der Waals surface area contributed by atoms with Crippen molar-refractivity contribution in [3.05, 3.63) is 80.7 Å². The Morgan fingerprint density at radius 1 is 1.11 bits per heavy atom. The number of hydrogen-bond donors (Lipinski definition) is 2. The van der Waals surface area contributed by atoms with Gasteiger partial charge in [0.1, 0.15) is 10.6 Å². The lowest BCUT2D eigenvalue weighted by Crippen LogP contribution is -2.10. The lowest BCUT2D eigenvalue weighted by molar-refractivity contribution is 0.475. The number of nitrogens with zero attached hydrogens (tertiary/aromatic N) is 1. The first-order valence-electron chi connectivity index (χ1n) is 8.69. The van der Waals surface area contributed by atoms with Gasteiger partial charge in [0, 0.05) is 10.4 Å². The lowest BCUT2D eigenvalue weighted by atomic mass is 10.0. The van der Waals surface area contributed by atoms with E-state index >= 15 is 0 Å². The molecule has 0 radical (unpaired) electrons. The Kier molecular flexibility index (Phi) is 4.79. The van der Waals surface area contributed by atoms with Crippen molar-refractivity contribution in [1.82, 2.24) is 9.97 Å². The van der Waals surface area contributed by atoms with Crippen molar-refractivity contribution in [3.63, 3.8) is 0 Å². The van der Waals surface area contributed by atoms with E-state index in [1.165, 1.54) is 16.9 Å². The van der Waals surface area contributed by atoms with E-state index in [1.807, 2.05) is 38.1 Å². The second-order valence-corrected chi connectivity index (χ2v) is 8.19. The number of aryl methyl sites for hydroxylation is 2. The van der Waals surface area contributed by atoms with Gasteiger partial charge in [0.2, 0.25) is 0 Å². The third-order valence-corrected chi connectivity index (χ3v) is 5.78. The molecule has 2 N–H and O–H groups in total. The van der Waals surface area contributed by atoms with Crippen LogP contribution in [0.25, 0.3) is 32.5 Å². The fraction of sp³-hybridized carbons (Fsp3) is 0.0909. The predicted molar refractivity (Wildman–Crippen MR) is 117 cm³/mol. The molecule has 0 saturated carbocycles. The fourth-order valence-electron chi connectivity index (χ4n) is 3.09. The van der Waals surface area contributed by atoms with E-state index in [1.54, 1.807) is 30.3 Å². The van der Waals surface area contributed by atoms with E-state index in [0.29, 0.717) is 21.1 Å². The summed E-state index contributed by atoms with van der Waals surface area (Å²) in [6, 6.07) is 14.7. The summed E-state index contributed by atoms with van der Waals surface area (Å²) in [6.45, 7) is 4.03. The van der Waals surface area contributed by atoms with Gasteiger partial charge >= 0.3 is 0 Å². The van der Waals surface area contributed by atoms with Crippen molar-refractivity contribution in [2.75, 3.05) is 0 Å². The first-order chi connectivity index (χ1) is 13.4. The summed E-state index contributed by atoms with van der Waals surface area (Å²) in [5.74, 6) is 0.503. The number of thiophene rings is 1. The van der Waals surface area contributed by atoms with Crippen LogP contribution in [-0.2, 0) is 0 Å². The molecule has 2 heterocycles. The molecule has 0 aliphatic carbocycles. The molecule has 0 bridgehead atoms. The molecule has 2 aromatic heterocycles. The van der Waals surface area contributed by atoms with Gasteiger partial charge in [0.25, 0.3) is 5.56 Å². The highest BCUT2D eigenvalue weighted by atomic mass is 35.5. The topological polar surface area (TPSA) is 66.0 Å². The summed E-state index contributed by atoms with van der Waals surface area (Å²) in [6.07, 6.45) is 1.70. The summed E-state index contributed by atoms with van der Waals surface area (Å²) in [5, 5.41) is 10.3. The zero-order valence-corrected chi connectivity index (χ0v) is 16.9. The molecule has 4 nitrogen and oxygen atoms in total. The van der Waals surface area contributed by atoms with Crippen molar-refractivity contribution in [2.24, 2.45) is 0 Å². The number of rotatable bonds is 3. The quantitative estimate of drug-likeness (QED) is 0.456. The van der Waals surface area contributed by atoms with E-state index in [2.05, 4.69) is 9.97 Å². The van der Waals surface area contributed by atoms with Gasteiger partial charge in [-0.05, 0) is 43.2 Å². The van der Waals surface area contributed by atoms with Crippen LogP contribution in [-0.4, -0.2) is 15.1 Å². The number of fused-ring (bicyclic) bond motifs is 1. The Bertz CT molecular complexity index is 1250. The summed E-state index contributed by atoms with van der Waals surface area (Å²) in [5.41, 5.74) is 3.67. The Balaban J connectivity index is 1.82. The Morgan fingerprint density at radius 2 is 1.79 bits per heavy atom. The van der Waals surface area contributed by atoms with Crippen LogP contribution >= 0.6 is 22.9 Å². The number of phenolic OH excluding ortho intramolecular Hbond substituents is 1. The van der Waals surface area contributed by atoms with Crippen LogP contribution in [0.2, 0.25) is 0 Å². The number of aromatic hydroxyl groups is 1. The molecule has 0 atom stereocenters. The van der Waals surface area contributed by atoms with E-state index in [9.17, 15) is 9.90 Å². The van der Waals surface area contributed by atoms with Crippen LogP contribution in [0.5, 0.6) is 5.75 Å². The van der Waals surface area contributed by atoms with Crippen molar-refractivity contribution >= 4 is 44.3 Å². The molecule has 0 saturated heterocycles. The number of aromatic nitrogens is 2. The van der Waals surface area contributed by atoms with Gasteiger partial charge in [0.15, 0.2) is 5.82 Å². The van der Waals surface area contributed by atoms with Crippen LogP contribution < -0.4 is 5.56 Å². The molecule has 140 valence electrons. The molecule has 0 aliphatic rings. The first kappa shape index (κ1) is 18.5. The summed E-state index contributed by atoms with van der Waals surface area (Å²) >= 11 is 7.89. The first-order valence-corrected chi connectivity index (χ1v) is 9.89. The smallest absolute Gasteiger partial charge is 0.260 e. The van der Waals surface area contributed by atoms with Gasteiger partial charge < -0.3 is 10.1 Å². The number of aromatic amines is 1. The molecule has 6 heteroatoms. The summed E-state index contributed by atoms with van der Waals surface area (Å²) < 4.78 is 0. The van der Waals surface area contributed by atoms with Crippen LogP contribution in [0.1, 0.15) is 21.8 Å². The fourth-order valence-corrected chi connectivity index (χ4v) is 4.35. The van der Waals surface area contributed by atoms with Gasteiger partial charge in [-0.2, -0.15) is 0 Å². The molecule has 0 unspecified atom stereocenters. The standard InChI is InChI=1S/C22H17ClN2O2S/c1-12-3-7-15(8-4-12)18-13(2)28-22-19(18)21(27)24-20(25-22)17(23)11-14-5-9-16(26)10-6-14/h3-11,26H,1-2H3,(H,24,25,27)/b17-11-. The van der Waals surface area contributed by atoms with Gasteiger partial charge in [0.05, 0.1) is 10.4 Å². The van der Waals surface area contributed by atoms with E-state index in [-0.39, 0.29) is 11.3 Å². The van der Waals surface area contributed by atoms with Gasteiger partial charge in [-0.15, -0.1) is 11.3 Å². The van der Waals surface area contributed by atoms with Crippen LogP contribution in [0.4, 0.5) is 0 Å². The Labute approximate surface area is 170 Å². The van der Waals surface area contributed by atoms with E-state index in [0.717, 1.165) is 21.6 Å². The van der Waals surface area contributed by atoms with Crippen molar-refractivity contribution < 1.29 is 5.11 Å². The molecule has 4 aromatic rings. The van der Waals surface area contributed by atoms with Crippen LogP contribution in [0.3, 0.4) is 0 Å². The number of phenols is 1. The maximum Gasteiger partial charge on any atom is 0.260 e. The van der Waals surface area contributed by atoms with Crippen LogP contribution in [0.15, 0.2) is 53.3 Å². The SMILES string of the molecule is Cc1ccc(-c2c(C)sc3nc(/C(Cl)=C/c4ccc(O)cc4)[nH]c(=O)c23)cc1. The normalized spacial score (nSPS) is 11.9. The predicted octanol–water partition coefficient (Wildman–Crippen LogP) is 5.71. The molecule has 4 rings (SSSR count). The van der Waals surface area contributed by atoms with E-state index in [4.69, 9.17) is 11.6 Å². The molecule has 0 aliphatic heterocycles. The van der Waals surface area contributed by atoms with E-state index < -0.39 is 0 Å². The third kappa shape index (κ3) is 3.46. The molecule has 28 heavy (non-hydrogen) atoms. The number of benzene rings is 2. The molecule has 0 spiro atoms. The average molecular weight is 409 g/mol. The van der Waals surface area contributed by atoms with Crippen molar-refractivity contribution in [3.8, 4) is 16.9 Å².